The Balaban J connectivity index is 2.14. The number of fused-ring (bicyclic) bond motifs is 1. The first-order valence-electron chi connectivity index (χ1n) is 6.37. The summed E-state index contributed by atoms with van der Waals surface area (Å²) in [5.74, 6) is 0. The molecule has 104 valence electrons. The molecule has 2 heterocycles. The zero-order chi connectivity index (χ0) is 14.7. The molecule has 0 aliphatic rings. The molecule has 2 aromatic heterocycles. The van der Waals surface area contributed by atoms with Crippen molar-refractivity contribution >= 4 is 17.8 Å². The highest BCUT2D eigenvalue weighted by molar-refractivity contribution is 5.97. The van der Waals surface area contributed by atoms with Gasteiger partial charge >= 0.3 is 6.03 Å². The number of nitrogens with one attached hydrogen (secondary N) is 1. The van der Waals surface area contributed by atoms with Crippen molar-refractivity contribution < 1.29 is 4.79 Å². The van der Waals surface area contributed by atoms with Crippen LogP contribution in [0.25, 0.3) is 16.8 Å². The predicted molar refractivity (Wildman–Crippen MR) is 80.9 cm³/mol. The average Bonchev–Trinajstić information content (AvgIpc) is 2.87. The van der Waals surface area contributed by atoms with Crippen LogP contribution in [0.1, 0.15) is 5.56 Å². The fraction of sp³-hybridized carbons (Fsp3) is 0. The molecule has 3 N–H and O–H groups in total. The number of primary amides is 1. The molecule has 0 aliphatic heterocycles. The first-order chi connectivity index (χ1) is 10.3. The molecule has 21 heavy (non-hydrogen) atoms. The maximum atomic E-state index is 10.7. The predicted octanol–water partition coefficient (Wildman–Crippen LogP) is 2.00. The number of carbonyl (C=O) groups excluding carboxylic acids is 1. The van der Waals surface area contributed by atoms with Crippen molar-refractivity contribution in [3.8, 4) is 11.3 Å². The lowest BCUT2D eigenvalue weighted by Crippen LogP contribution is -2.24. The first-order valence-corrected chi connectivity index (χ1v) is 6.37. The minimum atomic E-state index is -0.705. The van der Waals surface area contributed by atoms with Gasteiger partial charge in [-0.2, -0.15) is 10.2 Å². The number of rotatable bonds is 3. The smallest absolute Gasteiger partial charge is 0.332 e. The van der Waals surface area contributed by atoms with Crippen LogP contribution in [0.5, 0.6) is 0 Å². The summed E-state index contributed by atoms with van der Waals surface area (Å²) in [4.78, 5) is 10.7. The molecule has 0 atom stereocenters. The number of hydrazone groups is 1. The van der Waals surface area contributed by atoms with Crippen LogP contribution >= 0.6 is 0 Å². The van der Waals surface area contributed by atoms with Gasteiger partial charge < -0.3 is 5.73 Å². The van der Waals surface area contributed by atoms with Gasteiger partial charge in [-0.15, -0.1) is 0 Å². The van der Waals surface area contributed by atoms with Gasteiger partial charge in [-0.1, -0.05) is 36.4 Å². The van der Waals surface area contributed by atoms with Crippen molar-refractivity contribution in [1.82, 2.24) is 15.0 Å². The van der Waals surface area contributed by atoms with Crippen molar-refractivity contribution in [3.63, 3.8) is 0 Å². The van der Waals surface area contributed by atoms with Crippen LogP contribution in [0.4, 0.5) is 4.79 Å². The highest BCUT2D eigenvalue weighted by atomic mass is 16.2. The summed E-state index contributed by atoms with van der Waals surface area (Å²) in [6.07, 6.45) is 3.41. The summed E-state index contributed by atoms with van der Waals surface area (Å²) < 4.78 is 1.77. The standard InChI is InChI=1S/C15H13N5O/c16-15(21)18-17-10-12-13-8-4-5-9-20(13)19-14(12)11-6-2-1-3-7-11/h1-10H,(H3,16,18,21). The van der Waals surface area contributed by atoms with Gasteiger partial charge in [0.05, 0.1) is 11.7 Å². The Labute approximate surface area is 120 Å². The van der Waals surface area contributed by atoms with Crippen molar-refractivity contribution in [3.05, 3.63) is 60.3 Å². The molecule has 1 aromatic carbocycles. The number of pyridine rings is 1. The van der Waals surface area contributed by atoms with Gasteiger partial charge in [-0.25, -0.2) is 14.7 Å². The maximum absolute atomic E-state index is 10.7. The average molecular weight is 279 g/mol. The van der Waals surface area contributed by atoms with Crippen LogP contribution in [0.2, 0.25) is 0 Å². The van der Waals surface area contributed by atoms with Gasteiger partial charge in [0, 0.05) is 17.3 Å². The van der Waals surface area contributed by atoms with E-state index < -0.39 is 6.03 Å². The Morgan fingerprint density at radius 2 is 1.95 bits per heavy atom. The van der Waals surface area contributed by atoms with Gasteiger partial charge in [0.2, 0.25) is 0 Å². The second kappa shape index (κ2) is 5.46. The zero-order valence-corrected chi connectivity index (χ0v) is 11.1. The zero-order valence-electron chi connectivity index (χ0n) is 11.1. The normalized spacial score (nSPS) is 11.0. The molecule has 0 aliphatic carbocycles. The lowest BCUT2D eigenvalue weighted by Gasteiger charge is -1.98. The van der Waals surface area contributed by atoms with E-state index in [4.69, 9.17) is 5.73 Å². The van der Waals surface area contributed by atoms with E-state index in [0.717, 1.165) is 22.3 Å². The quantitative estimate of drug-likeness (QED) is 0.567. The molecule has 0 saturated heterocycles. The fourth-order valence-electron chi connectivity index (χ4n) is 2.11. The monoisotopic (exact) mass is 279 g/mol. The molecular formula is C15H13N5O. The molecule has 0 bridgehead atoms. The number of amides is 2. The van der Waals surface area contributed by atoms with Gasteiger partial charge in [-0.05, 0) is 12.1 Å². The fourth-order valence-corrected chi connectivity index (χ4v) is 2.11. The summed E-state index contributed by atoms with van der Waals surface area (Å²) in [5.41, 5.74) is 10.7. The highest BCUT2D eigenvalue weighted by Gasteiger charge is 2.12. The van der Waals surface area contributed by atoms with E-state index in [1.54, 1.807) is 10.7 Å². The van der Waals surface area contributed by atoms with Crippen molar-refractivity contribution in [2.45, 2.75) is 0 Å². The van der Waals surface area contributed by atoms with Crippen molar-refractivity contribution in [2.24, 2.45) is 10.8 Å². The minimum absolute atomic E-state index is 0.705. The topological polar surface area (TPSA) is 84.8 Å². The molecule has 3 rings (SSSR count). The van der Waals surface area contributed by atoms with E-state index in [1.807, 2.05) is 54.7 Å². The number of nitrogens with zero attached hydrogens (tertiary/aromatic N) is 3. The van der Waals surface area contributed by atoms with Crippen LogP contribution < -0.4 is 11.2 Å². The van der Waals surface area contributed by atoms with Crippen molar-refractivity contribution in [1.29, 1.82) is 0 Å². The minimum Gasteiger partial charge on any atom is -0.350 e. The SMILES string of the molecule is NC(=O)NN=Cc1c(-c2ccccc2)nn2ccccc12. The largest absolute Gasteiger partial charge is 0.350 e. The molecule has 0 spiro atoms. The molecule has 3 aromatic rings. The Bertz CT molecular complexity index is 807. The van der Waals surface area contributed by atoms with Gasteiger partial charge in [0.25, 0.3) is 0 Å². The summed E-state index contributed by atoms with van der Waals surface area (Å²) in [7, 11) is 0. The van der Waals surface area contributed by atoms with E-state index in [9.17, 15) is 4.79 Å². The van der Waals surface area contributed by atoms with E-state index in [-0.39, 0.29) is 0 Å². The number of aromatic nitrogens is 2. The number of hydrogen-bond acceptors (Lipinski definition) is 3. The van der Waals surface area contributed by atoms with Crippen LogP contribution in [0.3, 0.4) is 0 Å². The maximum Gasteiger partial charge on any atom is 0.332 e. The van der Waals surface area contributed by atoms with Crippen LogP contribution in [-0.4, -0.2) is 21.9 Å². The third-order valence-corrected chi connectivity index (χ3v) is 2.99. The Morgan fingerprint density at radius 3 is 2.71 bits per heavy atom. The second-order valence-electron chi connectivity index (χ2n) is 4.39. The number of benzene rings is 1. The highest BCUT2D eigenvalue weighted by Crippen LogP contribution is 2.24. The third-order valence-electron chi connectivity index (χ3n) is 2.99. The van der Waals surface area contributed by atoms with Crippen LogP contribution in [-0.2, 0) is 0 Å². The van der Waals surface area contributed by atoms with Crippen molar-refractivity contribution in [2.75, 3.05) is 0 Å². The third kappa shape index (κ3) is 2.59. The first kappa shape index (κ1) is 12.9. The van der Waals surface area contributed by atoms with Gasteiger partial charge in [-0.3, -0.25) is 0 Å². The molecule has 0 radical (unpaired) electrons. The molecule has 6 nitrogen and oxygen atoms in total. The van der Waals surface area contributed by atoms with Crippen LogP contribution in [0.15, 0.2) is 59.8 Å². The number of urea groups is 1. The Hall–Kier alpha value is -3.15. The summed E-state index contributed by atoms with van der Waals surface area (Å²) in [6, 6.07) is 14.8. The van der Waals surface area contributed by atoms with Gasteiger partial charge in [0.1, 0.15) is 5.69 Å². The second-order valence-corrected chi connectivity index (χ2v) is 4.39. The lowest BCUT2D eigenvalue weighted by molar-refractivity contribution is 0.249. The lowest BCUT2D eigenvalue weighted by atomic mass is 10.1. The van der Waals surface area contributed by atoms with E-state index >= 15 is 0 Å². The Kier molecular flexibility index (Phi) is 3.34. The molecule has 0 saturated carbocycles. The molecule has 6 heteroatoms. The van der Waals surface area contributed by atoms with E-state index in [0.29, 0.717) is 0 Å². The molecular weight excluding hydrogens is 266 g/mol. The number of carbonyl (C=O) groups is 1. The number of nitrogens with two attached hydrogens (primary N) is 1. The summed E-state index contributed by atoms with van der Waals surface area (Å²) in [6.45, 7) is 0. The van der Waals surface area contributed by atoms with Crippen LogP contribution in [0, 0.1) is 0 Å². The van der Waals surface area contributed by atoms with E-state index in [1.165, 1.54) is 0 Å². The molecule has 2 amide bonds. The van der Waals surface area contributed by atoms with E-state index in [2.05, 4.69) is 15.6 Å². The van der Waals surface area contributed by atoms with Gasteiger partial charge in [0.15, 0.2) is 0 Å². The number of hydrogen-bond donors (Lipinski definition) is 2. The summed E-state index contributed by atoms with van der Waals surface area (Å²) in [5, 5.41) is 8.41. The summed E-state index contributed by atoms with van der Waals surface area (Å²) >= 11 is 0. The molecule has 0 fully saturated rings. The Morgan fingerprint density at radius 1 is 1.19 bits per heavy atom. The molecule has 0 unspecified atom stereocenters.